The van der Waals surface area contributed by atoms with Crippen LogP contribution in [0.15, 0.2) is 54.6 Å². The Morgan fingerprint density at radius 1 is 0.970 bits per heavy atom. The van der Waals surface area contributed by atoms with Gasteiger partial charge < -0.3 is 5.32 Å². The summed E-state index contributed by atoms with van der Waals surface area (Å²) < 4.78 is 13.2. The lowest BCUT2D eigenvalue weighted by atomic mass is 10.0. The molecule has 2 aromatic carbocycles. The lowest BCUT2D eigenvalue weighted by Crippen LogP contribution is -2.45. The van der Waals surface area contributed by atoms with Gasteiger partial charge in [0.2, 0.25) is 16.9 Å². The van der Waals surface area contributed by atoms with Gasteiger partial charge in [-0.2, -0.15) is 0 Å². The number of unbranched alkanes of at least 4 members (excludes halogenated alkanes) is 4. The summed E-state index contributed by atoms with van der Waals surface area (Å²) in [5.41, 5.74) is 1.66. The Kier molecular flexibility index (Phi) is 9.50. The maximum atomic E-state index is 13.2. The minimum Gasteiger partial charge on any atom is -0.344 e. The number of hydrogen-bond donors (Lipinski definition) is 2. The molecule has 1 heterocycles. The number of nitrogens with zero attached hydrogens (tertiary/aromatic N) is 2. The zero-order chi connectivity index (χ0) is 23.5. The summed E-state index contributed by atoms with van der Waals surface area (Å²) in [5.74, 6) is -0.812. The summed E-state index contributed by atoms with van der Waals surface area (Å²) in [5, 5.41) is 14.7. The van der Waals surface area contributed by atoms with Gasteiger partial charge in [-0.3, -0.25) is 14.9 Å². The Morgan fingerprint density at radius 3 is 2.42 bits per heavy atom. The van der Waals surface area contributed by atoms with E-state index in [1.165, 1.54) is 29.9 Å². The smallest absolute Gasteiger partial charge is 0.249 e. The number of carbonyl (C=O) groups is 2. The Bertz CT molecular complexity index is 1020. The van der Waals surface area contributed by atoms with Gasteiger partial charge in [0.25, 0.3) is 0 Å². The maximum absolute atomic E-state index is 13.2. The lowest BCUT2D eigenvalue weighted by molar-refractivity contribution is -0.126. The highest BCUT2D eigenvalue weighted by Crippen LogP contribution is 2.26. The van der Waals surface area contributed by atoms with Crippen LogP contribution in [0, 0.1) is 5.82 Å². The maximum Gasteiger partial charge on any atom is 0.249 e. The Labute approximate surface area is 197 Å². The molecule has 1 aromatic heterocycles. The van der Waals surface area contributed by atoms with Gasteiger partial charge in [0.15, 0.2) is 0 Å². The quantitative estimate of drug-likeness (QED) is 0.350. The minimum atomic E-state index is -0.728. The zero-order valence-corrected chi connectivity index (χ0v) is 19.5. The Morgan fingerprint density at radius 2 is 1.70 bits per heavy atom. The molecule has 174 valence electrons. The largest absolute Gasteiger partial charge is 0.344 e. The van der Waals surface area contributed by atoms with E-state index in [-0.39, 0.29) is 17.6 Å². The molecule has 33 heavy (non-hydrogen) atoms. The molecule has 2 N–H and O–H groups in total. The van der Waals surface area contributed by atoms with E-state index in [1.54, 1.807) is 12.1 Å². The van der Waals surface area contributed by atoms with Crippen molar-refractivity contribution in [3.8, 4) is 10.6 Å². The van der Waals surface area contributed by atoms with Crippen LogP contribution >= 0.6 is 11.3 Å². The highest BCUT2D eigenvalue weighted by Gasteiger charge is 2.22. The number of nitrogens with one attached hydrogen (secondary N) is 2. The molecule has 0 aliphatic carbocycles. The van der Waals surface area contributed by atoms with Crippen molar-refractivity contribution in [2.75, 3.05) is 5.32 Å². The van der Waals surface area contributed by atoms with Crippen LogP contribution in [0.25, 0.3) is 10.6 Å². The monoisotopic (exact) mass is 468 g/mol. The summed E-state index contributed by atoms with van der Waals surface area (Å²) in [6.45, 7) is 2.15. The van der Waals surface area contributed by atoms with Crippen LogP contribution in [0.4, 0.5) is 9.52 Å². The van der Waals surface area contributed by atoms with Crippen LogP contribution in [-0.4, -0.2) is 28.1 Å². The minimum absolute atomic E-state index is 0.133. The van der Waals surface area contributed by atoms with Crippen molar-refractivity contribution in [2.24, 2.45) is 0 Å². The molecule has 1 atom stereocenters. The Hall–Kier alpha value is -3.13. The molecule has 8 heteroatoms. The number of aromatic nitrogens is 2. The van der Waals surface area contributed by atoms with Crippen LogP contribution in [0.1, 0.15) is 51.0 Å². The number of carbonyl (C=O) groups excluding carboxylic acids is 2. The first-order valence-electron chi connectivity index (χ1n) is 11.3. The predicted molar refractivity (Wildman–Crippen MR) is 129 cm³/mol. The van der Waals surface area contributed by atoms with E-state index < -0.39 is 6.04 Å². The van der Waals surface area contributed by atoms with Crippen LogP contribution in [0.3, 0.4) is 0 Å². The van der Waals surface area contributed by atoms with Gasteiger partial charge in [-0.15, -0.1) is 10.2 Å². The first kappa shape index (κ1) is 24.5. The highest BCUT2D eigenvalue weighted by molar-refractivity contribution is 7.18. The van der Waals surface area contributed by atoms with Crippen LogP contribution in [-0.2, 0) is 16.0 Å². The molecular formula is C25H29FN4O2S. The van der Waals surface area contributed by atoms with E-state index in [1.807, 2.05) is 30.3 Å². The van der Waals surface area contributed by atoms with Crippen molar-refractivity contribution in [3.63, 3.8) is 0 Å². The van der Waals surface area contributed by atoms with E-state index in [9.17, 15) is 14.0 Å². The van der Waals surface area contributed by atoms with Crippen molar-refractivity contribution in [1.82, 2.24) is 15.5 Å². The van der Waals surface area contributed by atoms with Gasteiger partial charge in [-0.25, -0.2) is 4.39 Å². The van der Waals surface area contributed by atoms with Crippen LogP contribution in [0.5, 0.6) is 0 Å². The van der Waals surface area contributed by atoms with Gasteiger partial charge in [0.05, 0.1) is 0 Å². The summed E-state index contributed by atoms with van der Waals surface area (Å²) in [7, 11) is 0. The van der Waals surface area contributed by atoms with Crippen molar-refractivity contribution in [2.45, 2.75) is 57.9 Å². The van der Waals surface area contributed by atoms with Gasteiger partial charge in [0.1, 0.15) is 16.9 Å². The van der Waals surface area contributed by atoms with E-state index in [0.717, 1.165) is 31.2 Å². The standard InChI is InChI=1S/C25H29FN4O2S/c1-2-3-4-5-9-12-22(31)27-21(17-18-10-7-6-8-11-18)23(32)28-25-30-29-24(33-25)19-13-15-20(26)16-14-19/h6-8,10-11,13-16,21H,2-5,9,12,17H2,1H3,(H,27,31)(H,28,30,32). The molecule has 3 rings (SSSR count). The second kappa shape index (κ2) is 12.8. The molecule has 0 saturated heterocycles. The molecule has 0 spiro atoms. The molecule has 0 bridgehead atoms. The lowest BCUT2D eigenvalue weighted by Gasteiger charge is -2.18. The number of amides is 2. The van der Waals surface area contributed by atoms with E-state index >= 15 is 0 Å². The summed E-state index contributed by atoms with van der Waals surface area (Å²) >= 11 is 1.19. The summed E-state index contributed by atoms with van der Waals surface area (Å²) in [6.07, 6.45) is 6.03. The molecule has 0 radical (unpaired) electrons. The third-order valence-electron chi connectivity index (χ3n) is 5.19. The second-order valence-electron chi connectivity index (χ2n) is 7.88. The number of hydrogen-bond acceptors (Lipinski definition) is 5. The molecule has 3 aromatic rings. The molecule has 0 fully saturated rings. The second-order valence-corrected chi connectivity index (χ2v) is 8.86. The molecule has 0 aliphatic rings. The van der Waals surface area contributed by atoms with E-state index in [4.69, 9.17) is 0 Å². The van der Waals surface area contributed by atoms with Gasteiger partial charge in [0, 0.05) is 18.4 Å². The van der Waals surface area contributed by atoms with Crippen LogP contribution in [0.2, 0.25) is 0 Å². The van der Waals surface area contributed by atoms with Crippen molar-refractivity contribution in [1.29, 1.82) is 0 Å². The number of benzene rings is 2. The normalized spacial score (nSPS) is 11.7. The van der Waals surface area contributed by atoms with Gasteiger partial charge in [-0.1, -0.05) is 74.3 Å². The number of halogens is 1. The fourth-order valence-electron chi connectivity index (χ4n) is 3.39. The molecule has 0 saturated carbocycles. The molecule has 0 aliphatic heterocycles. The van der Waals surface area contributed by atoms with Gasteiger partial charge in [-0.05, 0) is 36.2 Å². The summed E-state index contributed by atoms with van der Waals surface area (Å²) in [4.78, 5) is 25.5. The topological polar surface area (TPSA) is 84.0 Å². The SMILES string of the molecule is CCCCCCCC(=O)NC(Cc1ccccc1)C(=O)Nc1nnc(-c2ccc(F)cc2)s1. The van der Waals surface area contributed by atoms with Crippen LogP contribution < -0.4 is 10.6 Å². The van der Waals surface area contributed by atoms with Crippen molar-refractivity contribution < 1.29 is 14.0 Å². The molecule has 6 nitrogen and oxygen atoms in total. The summed E-state index contributed by atoms with van der Waals surface area (Å²) in [6, 6.07) is 14.8. The zero-order valence-electron chi connectivity index (χ0n) is 18.7. The van der Waals surface area contributed by atoms with E-state index in [0.29, 0.717) is 28.5 Å². The number of anilines is 1. The first-order chi connectivity index (χ1) is 16.0. The fourth-order valence-corrected chi connectivity index (χ4v) is 4.14. The average Bonchev–Trinajstić information content (AvgIpc) is 3.28. The highest BCUT2D eigenvalue weighted by atomic mass is 32.1. The van der Waals surface area contributed by atoms with Gasteiger partial charge >= 0.3 is 0 Å². The van der Waals surface area contributed by atoms with E-state index in [2.05, 4.69) is 27.8 Å². The average molecular weight is 469 g/mol. The third-order valence-corrected chi connectivity index (χ3v) is 6.08. The van der Waals surface area contributed by atoms with Crippen molar-refractivity contribution >= 4 is 28.3 Å². The predicted octanol–water partition coefficient (Wildman–Crippen LogP) is 5.37. The Balaban J connectivity index is 1.63. The molecular weight excluding hydrogens is 439 g/mol. The fraction of sp³-hybridized carbons (Fsp3) is 0.360. The number of rotatable bonds is 12. The molecule has 1 unspecified atom stereocenters. The first-order valence-corrected chi connectivity index (χ1v) is 12.1. The van der Waals surface area contributed by atoms with Crippen molar-refractivity contribution in [3.05, 3.63) is 66.0 Å². The third kappa shape index (κ3) is 8.05. The molecule has 2 amide bonds.